The van der Waals surface area contributed by atoms with Gasteiger partial charge in [0.1, 0.15) is 11.5 Å². The van der Waals surface area contributed by atoms with Crippen LogP contribution < -0.4 is 8.92 Å². The third-order valence-corrected chi connectivity index (χ3v) is 9.48. The fourth-order valence-corrected chi connectivity index (χ4v) is 6.79. The van der Waals surface area contributed by atoms with Gasteiger partial charge in [-0.05, 0) is 73.7 Å². The number of carbonyl (C=O) groups excluding carboxylic acids is 1. The van der Waals surface area contributed by atoms with Gasteiger partial charge >= 0.3 is 21.6 Å². The first-order valence-electron chi connectivity index (χ1n) is 11.7. The Labute approximate surface area is 218 Å². The van der Waals surface area contributed by atoms with Crippen LogP contribution in [0.1, 0.15) is 42.9 Å². The van der Waals surface area contributed by atoms with Crippen molar-refractivity contribution < 1.29 is 48.5 Å². The van der Waals surface area contributed by atoms with Gasteiger partial charge in [0.15, 0.2) is 6.61 Å². The molecule has 208 valence electrons. The van der Waals surface area contributed by atoms with Crippen LogP contribution in [0.4, 0.5) is 13.2 Å². The van der Waals surface area contributed by atoms with Crippen LogP contribution in [0.2, 0.25) is 0 Å². The van der Waals surface area contributed by atoms with Crippen LogP contribution in [-0.4, -0.2) is 52.4 Å². The molecule has 0 radical (unpaired) electrons. The monoisotopic (exact) mass is 577 g/mol. The number of aryl methyl sites for hydroxylation is 1. The molecule has 1 heterocycles. The predicted molar refractivity (Wildman–Crippen MR) is 128 cm³/mol. The summed E-state index contributed by atoms with van der Waals surface area (Å²) in [7, 11) is -9.93. The molecule has 38 heavy (non-hydrogen) atoms. The molecule has 0 aromatic heterocycles. The van der Waals surface area contributed by atoms with E-state index >= 15 is 0 Å². The second-order valence-corrected chi connectivity index (χ2v) is 12.7. The average Bonchev–Trinajstić information content (AvgIpc) is 2.80. The summed E-state index contributed by atoms with van der Waals surface area (Å²) in [6, 6.07) is 8.02. The summed E-state index contributed by atoms with van der Waals surface area (Å²) in [6.07, 6.45) is 2.19. The lowest BCUT2D eigenvalue weighted by atomic mass is 9.62. The highest BCUT2D eigenvalue weighted by Crippen LogP contribution is 2.50. The maximum atomic E-state index is 13.6. The number of halogens is 3. The molecule has 2 aliphatic rings. The zero-order chi connectivity index (χ0) is 27.9. The second-order valence-electron chi connectivity index (χ2n) is 9.23. The molecule has 0 bridgehead atoms. The van der Waals surface area contributed by atoms with E-state index in [1.807, 2.05) is 0 Å². The van der Waals surface area contributed by atoms with Crippen molar-refractivity contribution in [2.24, 2.45) is 0 Å². The number of sulfonamides is 1. The zero-order valence-corrected chi connectivity index (χ0v) is 22.2. The van der Waals surface area contributed by atoms with Gasteiger partial charge in [0.2, 0.25) is 10.0 Å². The Morgan fingerprint density at radius 1 is 1.08 bits per heavy atom. The van der Waals surface area contributed by atoms with Crippen LogP contribution in [0.15, 0.2) is 41.3 Å². The van der Waals surface area contributed by atoms with E-state index in [1.165, 1.54) is 28.6 Å². The van der Waals surface area contributed by atoms with E-state index in [-0.39, 0.29) is 31.2 Å². The first-order chi connectivity index (χ1) is 17.7. The maximum absolute atomic E-state index is 13.6. The van der Waals surface area contributed by atoms with Crippen LogP contribution in [0.25, 0.3) is 0 Å². The number of hydrogen-bond acceptors (Lipinski definition) is 8. The van der Waals surface area contributed by atoms with Gasteiger partial charge in [-0.15, -0.1) is 0 Å². The number of hydrogen-bond donors (Lipinski definition) is 0. The molecule has 1 spiro atoms. The van der Waals surface area contributed by atoms with E-state index in [1.54, 1.807) is 13.8 Å². The summed E-state index contributed by atoms with van der Waals surface area (Å²) in [5.41, 5.74) is -4.51. The Morgan fingerprint density at radius 3 is 2.37 bits per heavy atom. The van der Waals surface area contributed by atoms with Crippen molar-refractivity contribution in [3.05, 3.63) is 53.1 Å². The van der Waals surface area contributed by atoms with E-state index in [0.717, 1.165) is 24.1 Å². The first kappa shape index (κ1) is 28.2. The molecule has 2 aromatic rings. The molecule has 4 rings (SSSR count). The number of ether oxygens (including phenoxy) is 2. The molecule has 1 saturated carbocycles. The number of esters is 1. The SMILES string of the molecule is CCOC(=O)COc1ccc(S(=O)(=O)N2Cc3cc(OS(=O)(=O)C(F)(F)F)ccc3C3(CCC3)C2)cc1C. The molecule has 0 unspecified atom stereocenters. The largest absolute Gasteiger partial charge is 0.534 e. The molecule has 9 nitrogen and oxygen atoms in total. The third kappa shape index (κ3) is 5.34. The number of fused-ring (bicyclic) bond motifs is 2. The summed E-state index contributed by atoms with van der Waals surface area (Å²) in [4.78, 5) is 11.5. The topological polar surface area (TPSA) is 116 Å². The van der Waals surface area contributed by atoms with Gasteiger partial charge in [0.05, 0.1) is 11.5 Å². The van der Waals surface area contributed by atoms with E-state index in [4.69, 9.17) is 9.47 Å². The van der Waals surface area contributed by atoms with E-state index in [0.29, 0.717) is 29.7 Å². The quantitative estimate of drug-likeness (QED) is 0.264. The van der Waals surface area contributed by atoms with Crippen LogP contribution in [-0.2, 0) is 41.6 Å². The van der Waals surface area contributed by atoms with Crippen LogP contribution in [0.3, 0.4) is 0 Å². The number of carbonyl (C=O) groups is 1. The van der Waals surface area contributed by atoms with Crippen molar-refractivity contribution in [1.29, 1.82) is 0 Å². The Morgan fingerprint density at radius 2 is 1.79 bits per heavy atom. The minimum Gasteiger partial charge on any atom is -0.482 e. The molecule has 14 heteroatoms. The van der Waals surface area contributed by atoms with Gasteiger partial charge in [-0.3, -0.25) is 0 Å². The smallest absolute Gasteiger partial charge is 0.482 e. The predicted octanol–water partition coefficient (Wildman–Crippen LogP) is 3.79. The normalized spacial score (nSPS) is 17.4. The van der Waals surface area contributed by atoms with Crippen molar-refractivity contribution in [1.82, 2.24) is 4.31 Å². The van der Waals surface area contributed by atoms with Gasteiger partial charge < -0.3 is 13.7 Å². The molecule has 0 saturated heterocycles. The molecule has 2 aromatic carbocycles. The van der Waals surface area contributed by atoms with Crippen molar-refractivity contribution >= 4 is 26.1 Å². The lowest BCUT2D eigenvalue weighted by Gasteiger charge is -2.49. The second kappa shape index (κ2) is 10.0. The van der Waals surface area contributed by atoms with Gasteiger partial charge in [-0.2, -0.15) is 25.9 Å². The summed E-state index contributed by atoms with van der Waals surface area (Å²) >= 11 is 0. The molecule has 1 aliphatic heterocycles. The standard InChI is InChI=1S/C24H26F3NO8S2/c1-3-34-22(29)14-35-21-8-6-19(11-16(21)2)37(30,31)28-13-17-12-18(36-38(32,33)24(25,26)27)5-7-20(17)23(15-28)9-4-10-23/h5-8,11-12H,3-4,9-10,13-15H2,1-2H3. The highest BCUT2D eigenvalue weighted by atomic mass is 32.2. The van der Waals surface area contributed by atoms with Crippen LogP contribution in [0, 0.1) is 6.92 Å². The van der Waals surface area contributed by atoms with Crippen LogP contribution in [0.5, 0.6) is 11.5 Å². The Balaban J connectivity index is 1.61. The first-order valence-corrected chi connectivity index (χ1v) is 14.6. The summed E-state index contributed by atoms with van der Waals surface area (Å²) in [5, 5.41) is 0. The number of benzene rings is 2. The van der Waals surface area contributed by atoms with Crippen molar-refractivity contribution in [2.45, 2.75) is 55.5 Å². The van der Waals surface area contributed by atoms with Crippen molar-refractivity contribution in [2.75, 3.05) is 19.8 Å². The lowest BCUT2D eigenvalue weighted by Crippen LogP contribution is -2.51. The molecular formula is C24H26F3NO8S2. The van der Waals surface area contributed by atoms with E-state index in [9.17, 15) is 34.8 Å². The molecule has 1 fully saturated rings. The molecule has 1 aliphatic carbocycles. The van der Waals surface area contributed by atoms with E-state index < -0.39 is 42.8 Å². The summed E-state index contributed by atoms with van der Waals surface area (Å²) in [5.74, 6) is -0.800. The van der Waals surface area contributed by atoms with Crippen molar-refractivity contribution in [3.8, 4) is 11.5 Å². The highest BCUT2D eigenvalue weighted by Gasteiger charge is 2.50. The minimum atomic E-state index is -5.88. The van der Waals surface area contributed by atoms with Crippen LogP contribution >= 0.6 is 0 Å². The number of rotatable bonds is 8. The number of nitrogens with zero attached hydrogens (tertiary/aromatic N) is 1. The van der Waals surface area contributed by atoms with Gasteiger partial charge in [0, 0.05) is 18.5 Å². The Kier molecular flexibility index (Phi) is 7.45. The molecule has 0 N–H and O–H groups in total. The fourth-order valence-electron chi connectivity index (χ4n) is 4.75. The minimum absolute atomic E-state index is 0.0246. The highest BCUT2D eigenvalue weighted by molar-refractivity contribution is 7.89. The summed E-state index contributed by atoms with van der Waals surface area (Å²) < 4.78 is 104. The Bertz CT molecular complexity index is 1450. The molecule has 0 amide bonds. The Hall–Kier alpha value is -2.84. The summed E-state index contributed by atoms with van der Waals surface area (Å²) in [6.45, 7) is 3.15. The van der Waals surface area contributed by atoms with Gasteiger partial charge in [0.25, 0.3) is 0 Å². The maximum Gasteiger partial charge on any atom is 0.534 e. The molecule has 0 atom stereocenters. The third-order valence-electron chi connectivity index (χ3n) is 6.71. The van der Waals surface area contributed by atoms with Crippen molar-refractivity contribution in [3.63, 3.8) is 0 Å². The average molecular weight is 578 g/mol. The fraction of sp³-hybridized carbons (Fsp3) is 0.458. The number of alkyl halides is 3. The van der Waals surface area contributed by atoms with E-state index in [2.05, 4.69) is 4.18 Å². The van der Waals surface area contributed by atoms with Gasteiger partial charge in [-0.25, -0.2) is 13.2 Å². The lowest BCUT2D eigenvalue weighted by molar-refractivity contribution is -0.145. The zero-order valence-electron chi connectivity index (χ0n) is 20.6. The molecular weight excluding hydrogens is 551 g/mol. The van der Waals surface area contributed by atoms with Gasteiger partial charge in [-0.1, -0.05) is 12.5 Å².